The zero-order valence-corrected chi connectivity index (χ0v) is 59.8. The third-order valence-electron chi connectivity index (χ3n) is 13.0. The summed E-state index contributed by atoms with van der Waals surface area (Å²) in [5.41, 5.74) is -0.762. The molecule has 0 aliphatic heterocycles. The quantitative estimate of drug-likeness (QED) is 0.0312. The van der Waals surface area contributed by atoms with Crippen LogP contribution in [0.25, 0.3) is 0 Å². The molecule has 0 spiro atoms. The highest BCUT2D eigenvalue weighted by Crippen LogP contribution is 2.30. The fourth-order valence-electron chi connectivity index (χ4n) is 8.06. The lowest BCUT2D eigenvalue weighted by molar-refractivity contribution is -0.149. The van der Waals surface area contributed by atoms with Gasteiger partial charge < -0.3 is 62.7 Å². The van der Waals surface area contributed by atoms with Gasteiger partial charge >= 0.3 is 17.9 Å². The van der Waals surface area contributed by atoms with Crippen molar-refractivity contribution in [3.05, 3.63) is 23.8 Å². The molecule has 1 rings (SSSR count). The molecule has 1 unspecified atom stereocenters. The molecule has 1 atom stereocenters. The Morgan fingerprint density at radius 2 is 0.807 bits per heavy atom. The standard InChI is InChI=1S/C66H116O18S4/c1-60(2,3)24-26-75-43-65(44-76-27-25-61(4,5)6,45-77-28-30-83-56(70)19-16-18-53(67)42-52(59(73)74)40-51-22-23-54(68)55(69)41-51)46-78-29-31-84-57(71)20-17-21-58(72)85-36-32-79-47-66(48-80-33-37-86-62(7,8)9,49-81-34-38-87-63(10,11)12)50-82-35-39-88-64(13,14)15/h22-23,41,52,68-69H,16-21,24-40,42-50H2,1-15H3,(H,73,74). The van der Waals surface area contributed by atoms with E-state index < -0.39 is 34.7 Å². The number of Topliss-reactive ketones (excluding diaryl/α,β-unsaturated/α-hetero) is 1. The molecule has 0 heterocycles. The first kappa shape index (κ1) is 83.7. The summed E-state index contributed by atoms with van der Waals surface area (Å²) >= 11 is 6.78. The highest BCUT2D eigenvalue weighted by atomic mass is 32.2. The van der Waals surface area contributed by atoms with Crippen LogP contribution in [-0.2, 0) is 77.8 Å². The smallest absolute Gasteiger partial charge is 0.307 e. The summed E-state index contributed by atoms with van der Waals surface area (Å²) in [6.45, 7) is 38.3. The molecule has 0 amide bonds. The van der Waals surface area contributed by atoms with Gasteiger partial charge in [-0.25, -0.2) is 0 Å². The number of phenols is 2. The first-order chi connectivity index (χ1) is 41.0. The van der Waals surface area contributed by atoms with Crippen molar-refractivity contribution >= 4 is 75.9 Å². The molecule has 0 saturated carbocycles. The van der Waals surface area contributed by atoms with Gasteiger partial charge in [0, 0.05) is 82.6 Å². The number of thioether (sulfide) groups is 4. The minimum Gasteiger partial charge on any atom is -0.504 e. The molecule has 0 bridgehead atoms. The third kappa shape index (κ3) is 47.5. The van der Waals surface area contributed by atoms with Crippen molar-refractivity contribution in [1.82, 2.24) is 0 Å². The van der Waals surface area contributed by atoms with E-state index in [2.05, 4.69) is 104 Å². The first-order valence-electron chi connectivity index (χ1n) is 31.3. The molecule has 0 radical (unpaired) electrons. The number of carbonyl (C=O) groups excluding carboxylic acids is 4. The molecule has 0 aliphatic carbocycles. The number of rotatable bonds is 51. The highest BCUT2D eigenvalue weighted by Gasteiger charge is 2.35. The lowest BCUT2D eigenvalue weighted by Crippen LogP contribution is -2.42. The molecule has 0 aromatic heterocycles. The van der Waals surface area contributed by atoms with E-state index >= 15 is 0 Å². The summed E-state index contributed by atoms with van der Waals surface area (Å²) in [6, 6.07) is 4.01. The Balaban J connectivity index is 2.79. The number of carboxylic acid groups (broad SMARTS) is 1. The highest BCUT2D eigenvalue weighted by molar-refractivity contribution is 8.13. The predicted molar refractivity (Wildman–Crippen MR) is 358 cm³/mol. The monoisotopic (exact) mass is 1320 g/mol. The maximum Gasteiger partial charge on any atom is 0.307 e. The molecular formula is C66H116O18S4. The summed E-state index contributed by atoms with van der Waals surface area (Å²) in [5.74, 6) is -1.12. The van der Waals surface area contributed by atoms with Crippen molar-refractivity contribution < 1.29 is 86.7 Å². The Morgan fingerprint density at radius 1 is 0.443 bits per heavy atom. The second-order valence-corrected chi connectivity index (χ2v) is 35.0. The molecule has 18 nitrogen and oxygen atoms in total. The van der Waals surface area contributed by atoms with E-state index in [1.807, 2.05) is 35.3 Å². The lowest BCUT2D eigenvalue weighted by Gasteiger charge is -2.34. The maximum atomic E-state index is 13.0. The molecule has 512 valence electrons. The normalized spacial score (nSPS) is 13.2. The van der Waals surface area contributed by atoms with E-state index in [0.29, 0.717) is 83.8 Å². The van der Waals surface area contributed by atoms with Gasteiger partial charge in [0.05, 0.1) is 109 Å². The van der Waals surface area contributed by atoms with Crippen molar-refractivity contribution in [3.8, 4) is 11.5 Å². The number of aliphatic carboxylic acids is 1. The van der Waals surface area contributed by atoms with Gasteiger partial charge in [0.25, 0.3) is 0 Å². The van der Waals surface area contributed by atoms with Crippen molar-refractivity contribution in [1.29, 1.82) is 0 Å². The SMILES string of the molecule is CC(C)(C)CCOCC(COCCOC(=O)CCCC(=O)CC(Cc1ccc(O)c(O)c1)C(=O)O)(COCCOC(=O)CCCC(=O)SCCOCC(COCCSC(C)(C)C)(COCCSC(C)(C)C)COCCSC(C)(C)C)COCCC(C)(C)C. The van der Waals surface area contributed by atoms with E-state index in [-0.39, 0.29) is 145 Å². The van der Waals surface area contributed by atoms with Gasteiger partial charge in [-0.2, -0.15) is 35.3 Å². The number of hydrogen-bond acceptors (Lipinski definition) is 21. The molecule has 0 fully saturated rings. The van der Waals surface area contributed by atoms with E-state index in [1.54, 1.807) is 0 Å². The number of carboxylic acids is 1. The number of esters is 2. The number of ketones is 1. The average Bonchev–Trinajstić information content (AvgIpc) is 3.50. The minimum absolute atomic E-state index is 0.00269. The van der Waals surface area contributed by atoms with Gasteiger partial charge in [0.1, 0.15) is 19.0 Å². The molecular weight excluding hydrogens is 1210 g/mol. The van der Waals surface area contributed by atoms with Crippen molar-refractivity contribution in [3.63, 3.8) is 0 Å². The first-order valence-corrected chi connectivity index (χ1v) is 35.2. The summed E-state index contributed by atoms with van der Waals surface area (Å²) in [7, 11) is 0. The second-order valence-electron chi connectivity index (χ2n) is 28.1. The van der Waals surface area contributed by atoms with Crippen LogP contribution < -0.4 is 0 Å². The summed E-state index contributed by atoms with van der Waals surface area (Å²) in [5, 5.41) is 29.1. The summed E-state index contributed by atoms with van der Waals surface area (Å²) in [4.78, 5) is 63.1. The van der Waals surface area contributed by atoms with Crippen LogP contribution in [0.15, 0.2) is 18.2 Å². The van der Waals surface area contributed by atoms with Gasteiger partial charge in [-0.1, -0.05) is 122 Å². The van der Waals surface area contributed by atoms with E-state index in [0.717, 1.165) is 30.1 Å². The fourth-order valence-corrected chi connectivity index (χ4v) is 11.2. The average molecular weight is 1330 g/mol. The van der Waals surface area contributed by atoms with Gasteiger partial charge in [0.2, 0.25) is 0 Å². The van der Waals surface area contributed by atoms with Crippen molar-refractivity contribution in [2.45, 2.75) is 182 Å². The zero-order valence-electron chi connectivity index (χ0n) is 56.5. The van der Waals surface area contributed by atoms with Crippen LogP contribution in [-0.4, -0.2) is 200 Å². The Labute approximate surface area is 546 Å². The number of aromatic hydroxyl groups is 2. The number of benzene rings is 1. The molecule has 3 N–H and O–H groups in total. The Morgan fingerprint density at radius 3 is 1.17 bits per heavy atom. The van der Waals surface area contributed by atoms with Crippen LogP contribution in [0.3, 0.4) is 0 Å². The third-order valence-corrected chi connectivity index (χ3v) is 17.6. The van der Waals surface area contributed by atoms with Gasteiger partial charge in [-0.05, 0) is 60.6 Å². The van der Waals surface area contributed by atoms with E-state index in [4.69, 9.17) is 47.4 Å². The van der Waals surface area contributed by atoms with E-state index in [9.17, 15) is 39.3 Å². The largest absolute Gasteiger partial charge is 0.504 e. The molecule has 1 aromatic carbocycles. The van der Waals surface area contributed by atoms with Crippen LogP contribution >= 0.6 is 47.0 Å². The van der Waals surface area contributed by atoms with Crippen LogP contribution in [0, 0.1) is 27.6 Å². The van der Waals surface area contributed by atoms with Crippen LogP contribution in [0.5, 0.6) is 11.5 Å². The number of carbonyl (C=O) groups is 5. The predicted octanol–water partition coefficient (Wildman–Crippen LogP) is 12.6. The fraction of sp³-hybridized carbons (Fsp3) is 0.833. The van der Waals surface area contributed by atoms with Crippen LogP contribution in [0.1, 0.15) is 167 Å². The number of ether oxygens (including phenoxy) is 10. The Kier molecular flexibility index (Phi) is 42.1. The zero-order chi connectivity index (χ0) is 66.3. The number of hydrogen-bond donors (Lipinski definition) is 3. The minimum atomic E-state index is -1.17. The molecule has 22 heteroatoms. The van der Waals surface area contributed by atoms with Crippen molar-refractivity contribution in [2.75, 3.05) is 142 Å². The van der Waals surface area contributed by atoms with Crippen LogP contribution in [0.2, 0.25) is 0 Å². The van der Waals surface area contributed by atoms with E-state index in [1.165, 1.54) is 30.0 Å². The number of phenolic OH excluding ortho intramolecular Hbond substituents is 2. The van der Waals surface area contributed by atoms with Gasteiger partial charge in [-0.15, -0.1) is 0 Å². The van der Waals surface area contributed by atoms with Crippen molar-refractivity contribution in [2.24, 2.45) is 27.6 Å². The maximum absolute atomic E-state index is 13.0. The Hall–Kier alpha value is -2.35. The molecule has 88 heavy (non-hydrogen) atoms. The molecule has 1 aromatic rings. The second kappa shape index (κ2) is 44.3. The summed E-state index contributed by atoms with van der Waals surface area (Å²) in [6.07, 6.45) is 2.11. The topological polar surface area (TPSA) is 238 Å². The lowest BCUT2D eigenvalue weighted by atomic mass is 9.91. The Bertz CT molecular complexity index is 2010. The van der Waals surface area contributed by atoms with Gasteiger partial charge in [0.15, 0.2) is 16.6 Å². The summed E-state index contributed by atoms with van der Waals surface area (Å²) < 4.78 is 61.3. The van der Waals surface area contributed by atoms with Gasteiger partial charge in [-0.3, -0.25) is 24.0 Å². The molecule has 0 aliphatic rings. The van der Waals surface area contributed by atoms with Crippen LogP contribution in [0.4, 0.5) is 0 Å². The molecule has 0 saturated heterocycles.